The van der Waals surface area contributed by atoms with Gasteiger partial charge < -0.3 is 0 Å². The van der Waals surface area contributed by atoms with E-state index >= 15 is 8.78 Å². The summed E-state index contributed by atoms with van der Waals surface area (Å²) < 4.78 is 51.9. The van der Waals surface area contributed by atoms with E-state index in [2.05, 4.69) is 75.3 Å². The molecule has 0 saturated heterocycles. The summed E-state index contributed by atoms with van der Waals surface area (Å²) >= 11 is 12.7. The smallest absolute Gasteiger partial charge is 0.135 e. The van der Waals surface area contributed by atoms with E-state index in [4.69, 9.17) is 0 Å². The van der Waals surface area contributed by atoms with Crippen LogP contribution < -0.4 is 0 Å². The molecule has 0 amide bonds. The van der Waals surface area contributed by atoms with Gasteiger partial charge in [-0.05, 0) is 80.1 Å². The van der Waals surface area contributed by atoms with Gasteiger partial charge in [-0.1, -0.05) is 194 Å². The number of benzene rings is 2. The molecule has 0 spiro atoms. The van der Waals surface area contributed by atoms with Crippen LogP contribution in [0.25, 0.3) is 52.7 Å². The SMILES string of the molecule is CCCCCCCCCCCCCCCCC1(CCCCCCCCCCCCCCCC)c2cc(-c3c(F)cc(Br)c4nsnc34)sc2-c2sc(-c3c(F)cc(Br)c4nsnc34)cc21. The zero-order valence-electron chi connectivity index (χ0n) is 39.0. The molecule has 4 heterocycles. The molecule has 0 bridgehead atoms. The van der Waals surface area contributed by atoms with Crippen LogP contribution in [0.15, 0.2) is 33.2 Å². The standard InChI is InChI=1S/C53H70Br2F2N4S4/c1-3-5-7-9-11-13-15-17-19-21-23-25-27-29-31-53(32-30-28-26-24-22-20-18-16-14-12-10-8-6-4-2)37-33-43(45-41(56)35-39(54)47-49(45)60-64-58-47)62-51(37)52-38(53)34-44(63-52)46-42(57)36-40(55)48-50(46)61-65-59-48/h33-36H,3-32H2,1-2H3. The molecule has 7 rings (SSSR count). The minimum absolute atomic E-state index is 0.237. The molecule has 6 aromatic rings. The van der Waals surface area contributed by atoms with Gasteiger partial charge in [0, 0.05) is 33.9 Å². The van der Waals surface area contributed by atoms with Gasteiger partial charge >= 0.3 is 0 Å². The van der Waals surface area contributed by atoms with Gasteiger partial charge in [-0.25, -0.2) is 8.78 Å². The molecule has 0 unspecified atom stereocenters. The zero-order valence-corrected chi connectivity index (χ0v) is 45.4. The van der Waals surface area contributed by atoms with Gasteiger partial charge in [0.15, 0.2) is 0 Å². The molecule has 2 aromatic carbocycles. The lowest BCUT2D eigenvalue weighted by molar-refractivity contribution is 0.397. The van der Waals surface area contributed by atoms with Crippen LogP contribution in [-0.2, 0) is 5.41 Å². The highest BCUT2D eigenvalue weighted by atomic mass is 79.9. The predicted molar refractivity (Wildman–Crippen MR) is 286 cm³/mol. The Labute approximate surface area is 421 Å². The van der Waals surface area contributed by atoms with E-state index in [0.717, 1.165) is 58.9 Å². The molecule has 0 saturated carbocycles. The average Bonchev–Trinajstić information content (AvgIpc) is 4.15. The molecular formula is C53H70Br2F2N4S4. The second-order valence-corrected chi connectivity index (χ2v) is 23.7. The number of nitrogens with zero attached hydrogens (tertiary/aromatic N) is 4. The van der Waals surface area contributed by atoms with Crippen molar-refractivity contribution in [2.45, 2.75) is 212 Å². The van der Waals surface area contributed by atoms with Crippen molar-refractivity contribution < 1.29 is 8.78 Å². The van der Waals surface area contributed by atoms with Crippen molar-refractivity contribution in [1.29, 1.82) is 0 Å². The zero-order chi connectivity index (χ0) is 45.4. The van der Waals surface area contributed by atoms with Gasteiger partial charge in [0.2, 0.25) is 0 Å². The number of halogens is 4. The van der Waals surface area contributed by atoms with Crippen molar-refractivity contribution in [3.05, 3.63) is 56.0 Å². The molecular weight excluding hydrogens is 1020 g/mol. The molecule has 1 aliphatic carbocycles. The summed E-state index contributed by atoms with van der Waals surface area (Å²) in [6, 6.07) is 7.68. The number of rotatable bonds is 32. The molecule has 0 radical (unpaired) electrons. The van der Waals surface area contributed by atoms with Gasteiger partial charge in [0.25, 0.3) is 0 Å². The van der Waals surface area contributed by atoms with Gasteiger partial charge in [-0.15, -0.1) is 22.7 Å². The van der Waals surface area contributed by atoms with E-state index in [1.807, 2.05) is 0 Å². The highest BCUT2D eigenvalue weighted by molar-refractivity contribution is 9.11. The molecule has 65 heavy (non-hydrogen) atoms. The second kappa shape index (κ2) is 26.3. The van der Waals surface area contributed by atoms with Crippen LogP contribution >= 0.6 is 78.0 Å². The van der Waals surface area contributed by atoms with Crippen molar-refractivity contribution in [3.63, 3.8) is 0 Å². The fraction of sp³-hybridized carbons (Fsp3) is 0.623. The van der Waals surface area contributed by atoms with Crippen molar-refractivity contribution >= 4 is 100 Å². The third-order valence-electron chi connectivity index (χ3n) is 14.0. The highest BCUT2D eigenvalue weighted by Crippen LogP contribution is 2.62. The number of hydrogen-bond donors (Lipinski definition) is 0. The Morgan fingerprint density at radius 1 is 0.415 bits per heavy atom. The monoisotopic (exact) mass is 1090 g/mol. The Morgan fingerprint density at radius 2 is 0.708 bits per heavy atom. The average molecular weight is 1090 g/mol. The molecule has 4 aromatic heterocycles. The van der Waals surface area contributed by atoms with E-state index in [-0.39, 0.29) is 17.0 Å². The summed E-state index contributed by atoms with van der Waals surface area (Å²) in [6.07, 6.45) is 39.3. The highest BCUT2D eigenvalue weighted by Gasteiger charge is 2.46. The molecule has 4 nitrogen and oxygen atoms in total. The topological polar surface area (TPSA) is 51.6 Å². The first-order valence-corrected chi connectivity index (χ1v) is 30.1. The van der Waals surface area contributed by atoms with E-state index in [0.29, 0.717) is 42.1 Å². The Kier molecular flexibility index (Phi) is 20.7. The normalized spacial score (nSPS) is 13.2. The largest absolute Gasteiger partial charge is 0.206 e. The van der Waals surface area contributed by atoms with E-state index in [1.165, 1.54) is 188 Å². The lowest BCUT2D eigenvalue weighted by atomic mass is 9.71. The molecule has 0 N–H and O–H groups in total. The Balaban J connectivity index is 1.09. The van der Waals surface area contributed by atoms with Gasteiger partial charge in [-0.2, -0.15) is 17.5 Å². The third-order valence-corrected chi connectivity index (χ3v) is 18.7. The van der Waals surface area contributed by atoms with Crippen LogP contribution in [0.2, 0.25) is 0 Å². The van der Waals surface area contributed by atoms with Crippen LogP contribution in [0.4, 0.5) is 8.78 Å². The summed E-state index contributed by atoms with van der Waals surface area (Å²) in [5.41, 5.74) is 6.08. The second-order valence-electron chi connectivity index (χ2n) is 18.8. The van der Waals surface area contributed by atoms with Crippen LogP contribution in [0.1, 0.15) is 218 Å². The quantitative estimate of drug-likeness (QED) is 0.0395. The van der Waals surface area contributed by atoms with Crippen molar-refractivity contribution in [1.82, 2.24) is 17.5 Å². The maximum Gasteiger partial charge on any atom is 0.135 e. The first-order chi connectivity index (χ1) is 31.9. The van der Waals surface area contributed by atoms with Crippen LogP contribution in [-0.4, -0.2) is 17.5 Å². The first-order valence-electron chi connectivity index (χ1n) is 25.4. The number of thiophene rings is 2. The van der Waals surface area contributed by atoms with Crippen LogP contribution in [0.5, 0.6) is 0 Å². The van der Waals surface area contributed by atoms with Crippen LogP contribution in [0, 0.1) is 11.6 Å². The lowest BCUT2D eigenvalue weighted by Crippen LogP contribution is -2.25. The molecule has 354 valence electrons. The summed E-state index contributed by atoms with van der Waals surface area (Å²) in [6.45, 7) is 4.58. The lowest BCUT2D eigenvalue weighted by Gasteiger charge is -2.31. The number of fused-ring (bicyclic) bond motifs is 5. The molecule has 12 heteroatoms. The number of aromatic nitrogens is 4. The minimum Gasteiger partial charge on any atom is -0.206 e. The van der Waals surface area contributed by atoms with Crippen molar-refractivity contribution in [2.75, 3.05) is 0 Å². The maximum atomic E-state index is 16.2. The molecule has 0 fully saturated rings. The van der Waals surface area contributed by atoms with Crippen LogP contribution in [0.3, 0.4) is 0 Å². The molecule has 1 aliphatic rings. The Morgan fingerprint density at radius 3 is 1.03 bits per heavy atom. The number of unbranched alkanes of at least 4 members (excludes halogenated alkanes) is 26. The summed E-state index contributed by atoms with van der Waals surface area (Å²) in [7, 11) is 0. The fourth-order valence-electron chi connectivity index (χ4n) is 10.3. The summed E-state index contributed by atoms with van der Waals surface area (Å²) in [5, 5.41) is 0. The first kappa shape index (κ1) is 51.2. The summed E-state index contributed by atoms with van der Waals surface area (Å²) in [4.78, 5) is 4.19. The van der Waals surface area contributed by atoms with E-state index in [1.54, 1.807) is 34.8 Å². The molecule has 0 atom stereocenters. The van der Waals surface area contributed by atoms with Gasteiger partial charge in [0.1, 0.15) is 33.7 Å². The Hall–Kier alpha value is -1.70. The minimum atomic E-state index is -0.288. The maximum absolute atomic E-state index is 16.2. The van der Waals surface area contributed by atoms with Crippen molar-refractivity contribution in [3.8, 4) is 30.6 Å². The number of hydrogen-bond acceptors (Lipinski definition) is 8. The van der Waals surface area contributed by atoms with Gasteiger partial charge in [0.05, 0.1) is 34.6 Å². The molecule has 0 aliphatic heterocycles. The summed E-state index contributed by atoms with van der Waals surface area (Å²) in [5.74, 6) is -0.576. The fourth-order valence-corrected chi connectivity index (χ4v) is 15.4. The van der Waals surface area contributed by atoms with Gasteiger partial charge in [-0.3, -0.25) is 0 Å². The third kappa shape index (κ3) is 12.9. The predicted octanol–water partition coefficient (Wildman–Crippen LogP) is 21.0. The van der Waals surface area contributed by atoms with E-state index < -0.39 is 0 Å². The Bertz CT molecular complexity index is 2220. The van der Waals surface area contributed by atoms with Crippen molar-refractivity contribution in [2.24, 2.45) is 0 Å². The van der Waals surface area contributed by atoms with E-state index in [9.17, 15) is 0 Å².